The fraction of sp³-hybridized carbons (Fsp3) is 0.133. The Morgan fingerprint density at radius 2 is 2.14 bits per heavy atom. The van der Waals surface area contributed by atoms with Gasteiger partial charge in [0.2, 0.25) is 0 Å². The highest BCUT2D eigenvalue weighted by molar-refractivity contribution is 8.00. The van der Waals surface area contributed by atoms with Crippen LogP contribution in [0.25, 0.3) is 10.2 Å². The molecule has 6 heteroatoms. The maximum absolute atomic E-state index is 13.4. The van der Waals surface area contributed by atoms with Gasteiger partial charge in [0.25, 0.3) is 0 Å². The predicted molar refractivity (Wildman–Crippen MR) is 90.1 cm³/mol. The molecule has 0 saturated carbocycles. The molecule has 21 heavy (non-hydrogen) atoms. The summed E-state index contributed by atoms with van der Waals surface area (Å²) in [5.41, 5.74) is 2.85. The molecule has 1 aromatic heterocycles. The third-order valence-electron chi connectivity index (χ3n) is 3.02. The molecule has 2 aromatic carbocycles. The first-order valence-electron chi connectivity index (χ1n) is 6.28. The number of thioether (sulfide) groups is 1. The lowest BCUT2D eigenvalue weighted by Gasteiger charge is -2.07. The summed E-state index contributed by atoms with van der Waals surface area (Å²) in [5.74, 6) is -0.390. The van der Waals surface area contributed by atoms with Gasteiger partial charge in [0, 0.05) is 12.2 Å². The monoisotopic (exact) mass is 338 g/mol. The minimum Gasteiger partial charge on any atom is -0.381 e. The third-order valence-corrected chi connectivity index (χ3v) is 5.33. The second-order valence-corrected chi connectivity index (χ2v) is 6.96. The Hall–Kier alpha value is -1.30. The molecular weight excluding hydrogens is 327 g/mol. The number of fused-ring (bicyclic) bond motifs is 1. The van der Waals surface area contributed by atoms with Crippen molar-refractivity contribution in [3.63, 3.8) is 0 Å². The van der Waals surface area contributed by atoms with E-state index in [9.17, 15) is 4.39 Å². The molecule has 0 bridgehead atoms. The molecule has 0 amide bonds. The number of hydrogen-bond donors (Lipinski definition) is 1. The summed E-state index contributed by atoms with van der Waals surface area (Å²) in [6.45, 7) is 0.549. The van der Waals surface area contributed by atoms with Gasteiger partial charge >= 0.3 is 0 Å². The Balaban J connectivity index is 1.76. The van der Waals surface area contributed by atoms with Crippen molar-refractivity contribution in [3.05, 3.63) is 52.8 Å². The maximum Gasteiger partial charge on any atom is 0.150 e. The third kappa shape index (κ3) is 3.31. The average molecular weight is 339 g/mol. The largest absolute Gasteiger partial charge is 0.381 e. The second kappa shape index (κ2) is 6.22. The van der Waals surface area contributed by atoms with Crippen LogP contribution in [0, 0.1) is 5.82 Å². The molecule has 1 heterocycles. The standard InChI is InChI=1S/C15H12ClFN2S2/c1-20-15-19-13-5-3-10(7-14(13)21-15)18-8-9-2-4-11(16)12(17)6-9/h2-7,18H,8H2,1H3. The molecular formula is C15H12ClFN2S2. The van der Waals surface area contributed by atoms with Gasteiger partial charge in [-0.05, 0) is 42.2 Å². The Bertz CT molecular complexity index is 788. The Morgan fingerprint density at radius 1 is 1.29 bits per heavy atom. The van der Waals surface area contributed by atoms with Crippen LogP contribution in [0.2, 0.25) is 5.02 Å². The molecule has 0 aliphatic rings. The molecule has 0 aliphatic carbocycles. The Kier molecular flexibility index (Phi) is 4.33. The number of aromatic nitrogens is 1. The van der Waals surface area contributed by atoms with E-state index in [1.807, 2.05) is 24.5 Å². The molecule has 3 rings (SSSR count). The van der Waals surface area contributed by atoms with Gasteiger partial charge in [-0.1, -0.05) is 29.4 Å². The average Bonchev–Trinajstić information content (AvgIpc) is 2.90. The van der Waals surface area contributed by atoms with E-state index in [0.29, 0.717) is 6.54 Å². The zero-order valence-electron chi connectivity index (χ0n) is 11.2. The van der Waals surface area contributed by atoms with Gasteiger partial charge in [-0.2, -0.15) is 0 Å². The summed E-state index contributed by atoms with van der Waals surface area (Å²) < 4.78 is 15.6. The zero-order chi connectivity index (χ0) is 14.8. The van der Waals surface area contributed by atoms with E-state index in [2.05, 4.69) is 16.4 Å². The number of nitrogens with zero attached hydrogens (tertiary/aromatic N) is 1. The van der Waals surface area contributed by atoms with Gasteiger partial charge in [-0.3, -0.25) is 0 Å². The first kappa shape index (κ1) is 14.6. The molecule has 2 nitrogen and oxygen atoms in total. The molecule has 0 aliphatic heterocycles. The fourth-order valence-electron chi connectivity index (χ4n) is 1.95. The summed E-state index contributed by atoms with van der Waals surface area (Å²) in [6, 6.07) is 10.9. The van der Waals surface area contributed by atoms with Crippen molar-refractivity contribution in [1.82, 2.24) is 4.98 Å². The molecule has 0 radical (unpaired) electrons. The van der Waals surface area contributed by atoms with Gasteiger partial charge in [0.1, 0.15) is 5.82 Å². The van der Waals surface area contributed by atoms with Crippen molar-refractivity contribution in [2.45, 2.75) is 10.9 Å². The topological polar surface area (TPSA) is 24.9 Å². The molecule has 1 N–H and O–H groups in total. The van der Waals surface area contributed by atoms with E-state index < -0.39 is 5.82 Å². The van der Waals surface area contributed by atoms with Crippen LogP contribution < -0.4 is 5.32 Å². The summed E-state index contributed by atoms with van der Waals surface area (Å²) in [7, 11) is 0. The molecule has 3 aromatic rings. The molecule has 0 saturated heterocycles. The van der Waals surface area contributed by atoms with Gasteiger partial charge < -0.3 is 5.32 Å². The first-order valence-corrected chi connectivity index (χ1v) is 8.70. The first-order chi connectivity index (χ1) is 10.2. The maximum atomic E-state index is 13.4. The Morgan fingerprint density at radius 3 is 2.90 bits per heavy atom. The summed E-state index contributed by atoms with van der Waals surface area (Å²) in [6.07, 6.45) is 2.02. The highest BCUT2D eigenvalue weighted by Crippen LogP contribution is 2.30. The van der Waals surface area contributed by atoms with E-state index in [1.165, 1.54) is 6.07 Å². The van der Waals surface area contributed by atoms with E-state index >= 15 is 0 Å². The number of nitrogens with one attached hydrogen (secondary N) is 1. The summed E-state index contributed by atoms with van der Waals surface area (Å²) in [4.78, 5) is 4.50. The van der Waals surface area contributed by atoms with Crippen LogP contribution in [0.1, 0.15) is 5.56 Å². The quantitative estimate of drug-likeness (QED) is 0.643. The van der Waals surface area contributed by atoms with E-state index in [4.69, 9.17) is 11.6 Å². The number of anilines is 1. The van der Waals surface area contributed by atoms with Crippen molar-refractivity contribution in [2.75, 3.05) is 11.6 Å². The molecule has 108 valence electrons. The highest BCUT2D eigenvalue weighted by atomic mass is 35.5. The lowest BCUT2D eigenvalue weighted by atomic mass is 10.2. The van der Waals surface area contributed by atoms with Crippen LogP contribution in [0.5, 0.6) is 0 Å². The van der Waals surface area contributed by atoms with Crippen molar-refractivity contribution in [3.8, 4) is 0 Å². The van der Waals surface area contributed by atoms with Crippen molar-refractivity contribution < 1.29 is 4.39 Å². The van der Waals surface area contributed by atoms with Crippen molar-refractivity contribution in [1.29, 1.82) is 0 Å². The summed E-state index contributed by atoms with van der Waals surface area (Å²) >= 11 is 8.99. The van der Waals surface area contributed by atoms with Crippen LogP contribution in [-0.4, -0.2) is 11.2 Å². The van der Waals surface area contributed by atoms with Crippen LogP contribution in [0.3, 0.4) is 0 Å². The normalized spacial score (nSPS) is 11.0. The molecule has 0 fully saturated rings. The zero-order valence-corrected chi connectivity index (χ0v) is 13.6. The van der Waals surface area contributed by atoms with E-state index in [-0.39, 0.29) is 5.02 Å². The molecule has 0 atom stereocenters. The Labute approximate surface area is 135 Å². The van der Waals surface area contributed by atoms with Crippen LogP contribution in [0.15, 0.2) is 40.7 Å². The van der Waals surface area contributed by atoms with Gasteiger partial charge in [0.15, 0.2) is 4.34 Å². The number of hydrogen-bond acceptors (Lipinski definition) is 4. The van der Waals surface area contributed by atoms with Crippen LogP contribution in [-0.2, 0) is 6.54 Å². The minimum absolute atomic E-state index is 0.148. The van der Waals surface area contributed by atoms with E-state index in [1.54, 1.807) is 29.2 Å². The number of halogens is 2. The summed E-state index contributed by atoms with van der Waals surface area (Å²) in [5, 5.41) is 3.44. The smallest absolute Gasteiger partial charge is 0.150 e. The predicted octanol–water partition coefficient (Wildman–Crippen LogP) is 5.42. The minimum atomic E-state index is -0.390. The molecule has 0 unspecified atom stereocenters. The van der Waals surface area contributed by atoms with Gasteiger partial charge in [0.05, 0.1) is 15.2 Å². The van der Waals surface area contributed by atoms with Crippen molar-refractivity contribution in [2.24, 2.45) is 0 Å². The lowest BCUT2D eigenvalue weighted by molar-refractivity contribution is 0.626. The molecule has 0 spiro atoms. The SMILES string of the molecule is CSc1nc2ccc(NCc3ccc(Cl)c(F)c3)cc2s1. The number of benzene rings is 2. The van der Waals surface area contributed by atoms with E-state index in [0.717, 1.165) is 25.8 Å². The van der Waals surface area contributed by atoms with Crippen LogP contribution >= 0.6 is 34.7 Å². The number of thiazole rings is 1. The van der Waals surface area contributed by atoms with Crippen LogP contribution in [0.4, 0.5) is 10.1 Å². The fourth-order valence-corrected chi connectivity index (χ4v) is 3.60. The second-order valence-electron chi connectivity index (χ2n) is 4.47. The van der Waals surface area contributed by atoms with Crippen molar-refractivity contribution >= 4 is 50.6 Å². The lowest BCUT2D eigenvalue weighted by Crippen LogP contribution is -1.99. The van der Waals surface area contributed by atoms with Gasteiger partial charge in [-0.25, -0.2) is 9.37 Å². The number of rotatable bonds is 4. The highest BCUT2D eigenvalue weighted by Gasteiger charge is 2.05. The van der Waals surface area contributed by atoms with Gasteiger partial charge in [-0.15, -0.1) is 11.3 Å².